The molecule has 3 heterocycles. The molecule has 21 heavy (non-hydrogen) atoms. The molecule has 8 nitrogen and oxygen atoms in total. The zero-order valence-corrected chi connectivity index (χ0v) is 11.2. The Morgan fingerprint density at radius 2 is 2.19 bits per heavy atom. The van der Waals surface area contributed by atoms with Gasteiger partial charge in [0.15, 0.2) is 0 Å². The maximum absolute atomic E-state index is 10.6. The SMILES string of the molecule is CC1(c2ccnc(Cn3cc([N+](=O)[O-])cn3)c2)OC=CO1. The van der Waals surface area contributed by atoms with Crippen molar-refractivity contribution in [2.75, 3.05) is 0 Å². The van der Waals surface area contributed by atoms with Crippen LogP contribution in [0, 0.1) is 10.1 Å². The van der Waals surface area contributed by atoms with Gasteiger partial charge < -0.3 is 9.47 Å². The quantitative estimate of drug-likeness (QED) is 0.630. The van der Waals surface area contributed by atoms with Gasteiger partial charge in [0.1, 0.15) is 24.9 Å². The van der Waals surface area contributed by atoms with E-state index in [1.807, 2.05) is 6.07 Å². The molecule has 0 bridgehead atoms. The lowest BCUT2D eigenvalue weighted by atomic mass is 10.1. The fraction of sp³-hybridized carbons (Fsp3) is 0.231. The van der Waals surface area contributed by atoms with Crippen molar-refractivity contribution in [2.45, 2.75) is 19.3 Å². The van der Waals surface area contributed by atoms with Gasteiger partial charge in [-0.2, -0.15) is 5.10 Å². The van der Waals surface area contributed by atoms with Crippen LogP contribution in [-0.4, -0.2) is 19.7 Å². The van der Waals surface area contributed by atoms with Gasteiger partial charge in [0.05, 0.1) is 17.2 Å². The van der Waals surface area contributed by atoms with E-state index in [4.69, 9.17) is 9.47 Å². The molecule has 0 radical (unpaired) electrons. The van der Waals surface area contributed by atoms with Crippen LogP contribution in [-0.2, 0) is 21.8 Å². The Morgan fingerprint density at radius 1 is 1.43 bits per heavy atom. The van der Waals surface area contributed by atoms with E-state index in [0.717, 1.165) is 5.56 Å². The van der Waals surface area contributed by atoms with Gasteiger partial charge in [0, 0.05) is 18.7 Å². The minimum absolute atomic E-state index is 0.0511. The van der Waals surface area contributed by atoms with Gasteiger partial charge in [-0.05, 0) is 12.1 Å². The lowest BCUT2D eigenvalue weighted by Gasteiger charge is -2.23. The maximum atomic E-state index is 10.6. The summed E-state index contributed by atoms with van der Waals surface area (Å²) in [5.74, 6) is -0.867. The largest absolute Gasteiger partial charge is 0.453 e. The molecule has 0 saturated carbocycles. The molecule has 1 aliphatic rings. The van der Waals surface area contributed by atoms with Crippen LogP contribution >= 0.6 is 0 Å². The second kappa shape index (κ2) is 4.89. The first-order chi connectivity index (χ1) is 10.1. The number of hydrogen-bond donors (Lipinski definition) is 0. The number of hydrogen-bond acceptors (Lipinski definition) is 6. The highest BCUT2D eigenvalue weighted by atomic mass is 16.7. The molecule has 0 unspecified atom stereocenters. The van der Waals surface area contributed by atoms with Crippen LogP contribution in [0.25, 0.3) is 0 Å². The van der Waals surface area contributed by atoms with Crippen molar-refractivity contribution in [3.05, 3.63) is 64.6 Å². The summed E-state index contributed by atoms with van der Waals surface area (Å²) in [7, 11) is 0. The molecule has 0 aromatic carbocycles. The Morgan fingerprint density at radius 3 is 2.86 bits per heavy atom. The Kier molecular flexibility index (Phi) is 3.05. The average molecular weight is 288 g/mol. The molecule has 108 valence electrons. The Bertz CT molecular complexity index is 702. The van der Waals surface area contributed by atoms with E-state index >= 15 is 0 Å². The van der Waals surface area contributed by atoms with Crippen LogP contribution in [0.1, 0.15) is 18.2 Å². The molecule has 1 aliphatic heterocycles. The first kappa shape index (κ1) is 13.1. The minimum atomic E-state index is -0.867. The molecule has 2 aromatic rings. The molecule has 0 N–H and O–H groups in total. The topological polar surface area (TPSA) is 92.3 Å². The number of ether oxygens (including phenoxy) is 2. The van der Waals surface area contributed by atoms with E-state index in [-0.39, 0.29) is 5.69 Å². The predicted molar refractivity (Wildman–Crippen MR) is 70.9 cm³/mol. The summed E-state index contributed by atoms with van der Waals surface area (Å²) in [6.07, 6.45) is 7.17. The number of rotatable bonds is 4. The summed E-state index contributed by atoms with van der Waals surface area (Å²) in [5, 5.41) is 14.6. The van der Waals surface area contributed by atoms with E-state index in [0.29, 0.717) is 12.2 Å². The highest BCUT2D eigenvalue weighted by Gasteiger charge is 2.32. The van der Waals surface area contributed by atoms with Gasteiger partial charge in [-0.3, -0.25) is 19.8 Å². The van der Waals surface area contributed by atoms with E-state index in [1.165, 1.54) is 29.6 Å². The van der Waals surface area contributed by atoms with Crippen molar-refractivity contribution in [1.29, 1.82) is 0 Å². The standard InChI is InChI=1S/C13H12N4O4/c1-13(20-4-5-21-13)10-2-3-14-11(6-10)8-16-9-12(7-15-16)17(18)19/h2-7,9H,8H2,1H3. The second-order valence-corrected chi connectivity index (χ2v) is 4.64. The van der Waals surface area contributed by atoms with Crippen LogP contribution in [0.3, 0.4) is 0 Å². The molecular formula is C13H12N4O4. The van der Waals surface area contributed by atoms with Crippen molar-refractivity contribution in [3.8, 4) is 0 Å². The molecule has 3 rings (SSSR count). The predicted octanol–water partition coefficient (Wildman–Crippen LogP) is 1.93. The smallest absolute Gasteiger partial charge is 0.307 e. The number of pyridine rings is 1. The average Bonchev–Trinajstić information content (AvgIpc) is 3.09. The summed E-state index contributed by atoms with van der Waals surface area (Å²) < 4.78 is 12.3. The summed E-state index contributed by atoms with van der Waals surface area (Å²) in [6, 6.07) is 3.61. The molecule has 0 atom stereocenters. The molecule has 2 aromatic heterocycles. The fourth-order valence-corrected chi connectivity index (χ4v) is 2.03. The van der Waals surface area contributed by atoms with Crippen molar-refractivity contribution < 1.29 is 14.4 Å². The first-order valence-corrected chi connectivity index (χ1v) is 6.20. The molecule has 8 heteroatoms. The summed E-state index contributed by atoms with van der Waals surface area (Å²) >= 11 is 0. The molecule has 0 saturated heterocycles. The Hall–Kier alpha value is -2.90. The summed E-state index contributed by atoms with van der Waals surface area (Å²) in [5.41, 5.74) is 1.45. The fourth-order valence-electron chi connectivity index (χ4n) is 2.03. The summed E-state index contributed by atoms with van der Waals surface area (Å²) in [4.78, 5) is 14.4. The number of aromatic nitrogens is 3. The van der Waals surface area contributed by atoms with Gasteiger partial charge in [0.2, 0.25) is 0 Å². The highest BCUT2D eigenvalue weighted by molar-refractivity contribution is 5.24. The third-order valence-electron chi connectivity index (χ3n) is 3.14. The molecule has 0 fully saturated rings. The van der Waals surface area contributed by atoms with E-state index in [9.17, 15) is 10.1 Å². The Labute approximate surface area is 119 Å². The second-order valence-electron chi connectivity index (χ2n) is 4.64. The Balaban J connectivity index is 1.81. The van der Waals surface area contributed by atoms with Crippen LogP contribution < -0.4 is 0 Å². The van der Waals surface area contributed by atoms with Crippen molar-refractivity contribution in [2.24, 2.45) is 0 Å². The van der Waals surface area contributed by atoms with Crippen molar-refractivity contribution >= 4 is 5.69 Å². The highest BCUT2D eigenvalue weighted by Crippen LogP contribution is 2.31. The van der Waals surface area contributed by atoms with Crippen molar-refractivity contribution in [3.63, 3.8) is 0 Å². The van der Waals surface area contributed by atoms with Crippen LogP contribution in [0.4, 0.5) is 5.69 Å². The van der Waals surface area contributed by atoms with E-state index in [2.05, 4.69) is 10.1 Å². The van der Waals surface area contributed by atoms with Crippen molar-refractivity contribution in [1.82, 2.24) is 14.8 Å². The van der Waals surface area contributed by atoms with E-state index < -0.39 is 10.7 Å². The normalized spacial score (nSPS) is 15.5. The molecule has 0 amide bonds. The van der Waals surface area contributed by atoms with Gasteiger partial charge in [0.25, 0.3) is 5.79 Å². The molecule has 0 spiro atoms. The zero-order chi connectivity index (χ0) is 14.9. The first-order valence-electron chi connectivity index (χ1n) is 6.20. The van der Waals surface area contributed by atoms with Crippen LogP contribution in [0.2, 0.25) is 0 Å². The van der Waals surface area contributed by atoms with Gasteiger partial charge in [-0.25, -0.2) is 0 Å². The summed E-state index contributed by atoms with van der Waals surface area (Å²) in [6.45, 7) is 2.12. The third-order valence-corrected chi connectivity index (χ3v) is 3.14. The van der Waals surface area contributed by atoms with E-state index in [1.54, 1.807) is 19.2 Å². The monoisotopic (exact) mass is 288 g/mol. The van der Waals surface area contributed by atoms with Gasteiger partial charge in [-0.15, -0.1) is 0 Å². The lowest BCUT2D eigenvalue weighted by molar-refractivity contribution is -0.385. The zero-order valence-electron chi connectivity index (χ0n) is 11.2. The van der Waals surface area contributed by atoms with Crippen LogP contribution in [0.15, 0.2) is 43.2 Å². The van der Waals surface area contributed by atoms with Crippen LogP contribution in [0.5, 0.6) is 0 Å². The molecular weight excluding hydrogens is 276 g/mol. The minimum Gasteiger partial charge on any atom is -0.453 e. The van der Waals surface area contributed by atoms with Gasteiger partial charge >= 0.3 is 5.69 Å². The number of nitro groups is 1. The molecule has 0 aliphatic carbocycles. The maximum Gasteiger partial charge on any atom is 0.307 e. The number of nitrogens with zero attached hydrogens (tertiary/aromatic N) is 4. The van der Waals surface area contributed by atoms with Gasteiger partial charge in [-0.1, -0.05) is 0 Å². The third kappa shape index (κ3) is 2.55. The lowest BCUT2D eigenvalue weighted by Crippen LogP contribution is -2.22.